The maximum Gasteiger partial charge on any atom is 0.272 e. The minimum atomic E-state index is -0.0429. The number of para-hydroxylation sites is 1. The fourth-order valence-corrected chi connectivity index (χ4v) is 3.38. The van der Waals surface area contributed by atoms with E-state index in [-0.39, 0.29) is 11.9 Å². The molecule has 1 atom stereocenters. The van der Waals surface area contributed by atoms with E-state index in [9.17, 15) is 10.1 Å². The molecule has 6 heteroatoms. The smallest absolute Gasteiger partial charge is 0.272 e. The molecule has 1 aromatic carbocycles. The zero-order valence-electron chi connectivity index (χ0n) is 15.2. The van der Waals surface area contributed by atoms with Crippen molar-refractivity contribution in [3.05, 3.63) is 47.3 Å². The number of carbonyl (C=O) groups is 1. The lowest BCUT2D eigenvalue weighted by atomic mass is 9.99. The number of hydrogen-bond donors (Lipinski definition) is 1. The topological polar surface area (TPSA) is 81.9 Å². The Bertz CT molecular complexity index is 842. The zero-order valence-corrected chi connectivity index (χ0v) is 15.2. The Labute approximate surface area is 153 Å². The molecule has 1 unspecified atom stereocenters. The van der Waals surface area contributed by atoms with Crippen molar-refractivity contribution in [3.63, 3.8) is 0 Å². The second-order valence-corrected chi connectivity index (χ2v) is 6.56. The first-order chi connectivity index (χ1) is 12.6. The lowest BCUT2D eigenvalue weighted by Crippen LogP contribution is -2.43. The van der Waals surface area contributed by atoms with Crippen LogP contribution in [0.1, 0.15) is 54.4 Å². The molecule has 0 saturated carbocycles. The van der Waals surface area contributed by atoms with Gasteiger partial charge in [-0.2, -0.15) is 5.26 Å². The molecule has 1 aromatic heterocycles. The molecule has 1 amide bonds. The third kappa shape index (κ3) is 3.83. The van der Waals surface area contributed by atoms with Crippen LogP contribution in [0.25, 0.3) is 0 Å². The maximum atomic E-state index is 13.0. The quantitative estimate of drug-likeness (QED) is 0.908. The first-order valence-corrected chi connectivity index (χ1v) is 9.05. The maximum absolute atomic E-state index is 13.0. The predicted octanol–water partition coefficient (Wildman–Crippen LogP) is 3.81. The molecule has 26 heavy (non-hydrogen) atoms. The van der Waals surface area contributed by atoms with Gasteiger partial charge in [-0.25, -0.2) is 9.97 Å². The van der Waals surface area contributed by atoms with E-state index < -0.39 is 0 Å². The second kappa shape index (κ2) is 7.96. The Morgan fingerprint density at radius 1 is 1.35 bits per heavy atom. The Hall–Kier alpha value is -2.94. The number of likely N-dealkylation sites (tertiary alicyclic amines) is 1. The van der Waals surface area contributed by atoms with Crippen LogP contribution in [0.15, 0.2) is 30.3 Å². The van der Waals surface area contributed by atoms with Crippen LogP contribution in [-0.2, 0) is 0 Å². The number of nitriles is 1. The highest BCUT2D eigenvalue weighted by Crippen LogP contribution is 2.23. The number of rotatable bonds is 4. The van der Waals surface area contributed by atoms with Crippen LogP contribution in [0.5, 0.6) is 0 Å². The van der Waals surface area contributed by atoms with Crippen molar-refractivity contribution < 1.29 is 4.79 Å². The van der Waals surface area contributed by atoms with Gasteiger partial charge in [0.25, 0.3) is 5.91 Å². The summed E-state index contributed by atoms with van der Waals surface area (Å²) in [5, 5.41) is 12.3. The first-order valence-electron chi connectivity index (χ1n) is 9.05. The molecule has 0 aliphatic carbocycles. The van der Waals surface area contributed by atoms with Gasteiger partial charge in [0.1, 0.15) is 11.8 Å². The third-order valence-corrected chi connectivity index (χ3v) is 4.73. The van der Waals surface area contributed by atoms with Gasteiger partial charge in [0.2, 0.25) is 5.95 Å². The van der Waals surface area contributed by atoms with Gasteiger partial charge in [-0.05, 0) is 50.8 Å². The largest absolute Gasteiger partial charge is 0.334 e. The summed E-state index contributed by atoms with van der Waals surface area (Å²) in [5.74, 6) is 0.291. The van der Waals surface area contributed by atoms with Crippen LogP contribution in [-0.4, -0.2) is 33.4 Å². The highest BCUT2D eigenvalue weighted by molar-refractivity contribution is 5.93. The Kier molecular flexibility index (Phi) is 5.47. The van der Waals surface area contributed by atoms with E-state index in [0.29, 0.717) is 28.6 Å². The number of aromatic nitrogens is 2. The van der Waals surface area contributed by atoms with Crippen LogP contribution < -0.4 is 5.32 Å². The molecule has 0 spiro atoms. The lowest BCUT2D eigenvalue weighted by Gasteiger charge is -2.35. The van der Waals surface area contributed by atoms with Crippen LogP contribution in [0.3, 0.4) is 0 Å². The highest BCUT2D eigenvalue weighted by Gasteiger charge is 2.27. The van der Waals surface area contributed by atoms with Crippen molar-refractivity contribution in [1.29, 1.82) is 5.26 Å². The Balaban J connectivity index is 1.88. The summed E-state index contributed by atoms with van der Waals surface area (Å²) in [7, 11) is 0. The monoisotopic (exact) mass is 349 g/mol. The van der Waals surface area contributed by atoms with Gasteiger partial charge in [-0.3, -0.25) is 4.79 Å². The summed E-state index contributed by atoms with van der Waals surface area (Å²) < 4.78 is 0. The molecule has 3 rings (SSSR count). The normalized spacial score (nSPS) is 16.8. The van der Waals surface area contributed by atoms with Gasteiger partial charge in [0.05, 0.1) is 11.3 Å². The van der Waals surface area contributed by atoms with Gasteiger partial charge < -0.3 is 10.2 Å². The molecular weight excluding hydrogens is 326 g/mol. The molecule has 6 nitrogen and oxygen atoms in total. The fraction of sp³-hybridized carbons (Fsp3) is 0.400. The molecule has 2 aromatic rings. The first kappa shape index (κ1) is 17.9. The average Bonchev–Trinajstić information content (AvgIpc) is 2.67. The van der Waals surface area contributed by atoms with Crippen molar-refractivity contribution in [3.8, 4) is 6.07 Å². The molecule has 1 fully saturated rings. The summed E-state index contributed by atoms with van der Waals surface area (Å²) >= 11 is 0. The van der Waals surface area contributed by atoms with Crippen molar-refractivity contribution in [2.75, 3.05) is 11.9 Å². The fourth-order valence-electron chi connectivity index (χ4n) is 3.38. The lowest BCUT2D eigenvalue weighted by molar-refractivity contribution is 0.0602. The molecule has 2 heterocycles. The molecule has 1 aliphatic heterocycles. The summed E-state index contributed by atoms with van der Waals surface area (Å²) in [4.78, 5) is 23.7. The average molecular weight is 349 g/mol. The Morgan fingerprint density at radius 2 is 2.15 bits per heavy atom. The molecule has 1 aliphatic rings. The van der Waals surface area contributed by atoms with E-state index in [0.717, 1.165) is 25.8 Å². The highest BCUT2D eigenvalue weighted by atomic mass is 16.2. The van der Waals surface area contributed by atoms with Gasteiger partial charge in [-0.15, -0.1) is 0 Å². The van der Waals surface area contributed by atoms with E-state index in [1.54, 1.807) is 24.3 Å². The summed E-state index contributed by atoms with van der Waals surface area (Å²) in [6.07, 6.45) is 4.21. The van der Waals surface area contributed by atoms with E-state index in [4.69, 9.17) is 0 Å². The third-order valence-electron chi connectivity index (χ3n) is 4.73. The van der Waals surface area contributed by atoms with Gasteiger partial charge in [-0.1, -0.05) is 19.1 Å². The van der Waals surface area contributed by atoms with Crippen molar-refractivity contribution >= 4 is 17.5 Å². The summed E-state index contributed by atoms with van der Waals surface area (Å²) in [6, 6.07) is 11.3. The van der Waals surface area contributed by atoms with Crippen LogP contribution in [0, 0.1) is 18.3 Å². The predicted molar refractivity (Wildman–Crippen MR) is 100 cm³/mol. The van der Waals surface area contributed by atoms with Crippen molar-refractivity contribution in [2.45, 2.75) is 45.6 Å². The number of hydrogen-bond acceptors (Lipinski definition) is 5. The molecule has 0 radical (unpaired) electrons. The number of carbonyl (C=O) groups excluding carboxylic acids is 1. The van der Waals surface area contributed by atoms with E-state index >= 15 is 0 Å². The molecule has 0 bridgehead atoms. The van der Waals surface area contributed by atoms with E-state index in [1.807, 2.05) is 17.9 Å². The minimum Gasteiger partial charge on any atom is -0.334 e. The molecular formula is C20H23N5O. The molecule has 1 saturated heterocycles. The van der Waals surface area contributed by atoms with E-state index in [1.165, 1.54) is 6.42 Å². The number of aryl methyl sites for hydroxylation is 1. The number of benzene rings is 1. The van der Waals surface area contributed by atoms with Crippen molar-refractivity contribution in [1.82, 2.24) is 14.9 Å². The SMILES string of the molecule is CCC1CCCCN1C(=O)c1cc(C)nc(Nc2ccccc2C#N)n1. The number of anilines is 2. The number of nitrogens with one attached hydrogen (secondary N) is 1. The second-order valence-electron chi connectivity index (χ2n) is 6.56. The summed E-state index contributed by atoms with van der Waals surface area (Å²) in [6.45, 7) is 4.74. The standard InChI is InChI=1S/C20H23N5O/c1-3-16-9-6-7-11-25(16)19(26)18-12-14(2)22-20(24-18)23-17-10-5-4-8-15(17)13-21/h4-5,8,10,12,16H,3,6-7,9,11H2,1-2H3,(H,22,23,24). The number of nitrogens with zero attached hydrogens (tertiary/aromatic N) is 4. The minimum absolute atomic E-state index is 0.0429. The van der Waals surface area contributed by atoms with Crippen LogP contribution >= 0.6 is 0 Å². The number of piperidine rings is 1. The molecule has 134 valence electrons. The number of amides is 1. The van der Waals surface area contributed by atoms with Gasteiger partial charge in [0, 0.05) is 18.3 Å². The van der Waals surface area contributed by atoms with Gasteiger partial charge in [0.15, 0.2) is 0 Å². The van der Waals surface area contributed by atoms with Crippen LogP contribution in [0.4, 0.5) is 11.6 Å². The summed E-state index contributed by atoms with van der Waals surface area (Å²) in [5.41, 5.74) is 2.25. The van der Waals surface area contributed by atoms with Crippen LogP contribution in [0.2, 0.25) is 0 Å². The Morgan fingerprint density at radius 3 is 2.92 bits per heavy atom. The molecule has 1 N–H and O–H groups in total. The zero-order chi connectivity index (χ0) is 18.5. The van der Waals surface area contributed by atoms with Crippen molar-refractivity contribution in [2.24, 2.45) is 0 Å². The van der Waals surface area contributed by atoms with E-state index in [2.05, 4.69) is 28.3 Å². The van der Waals surface area contributed by atoms with Gasteiger partial charge >= 0.3 is 0 Å².